The van der Waals surface area contributed by atoms with Crippen LogP contribution in [0, 0.1) is 0 Å². The third-order valence-corrected chi connectivity index (χ3v) is 4.86. The summed E-state index contributed by atoms with van der Waals surface area (Å²) in [7, 11) is 0. The number of allylic oxidation sites excluding steroid dienone is 1. The van der Waals surface area contributed by atoms with Crippen molar-refractivity contribution >= 4 is 44.9 Å². The SMILES string of the molecule is C/C=C\N=C(CCC)NC(=O)CN1CCN(c2c(Br)cnc(N)c2N)CC1. The van der Waals surface area contributed by atoms with Gasteiger partial charge in [-0.1, -0.05) is 13.0 Å². The first-order chi connectivity index (χ1) is 13.0. The summed E-state index contributed by atoms with van der Waals surface area (Å²) in [6.07, 6.45) is 6.89. The van der Waals surface area contributed by atoms with Crippen LogP contribution in [-0.4, -0.2) is 54.4 Å². The van der Waals surface area contributed by atoms with Crippen LogP contribution in [0.3, 0.4) is 0 Å². The van der Waals surface area contributed by atoms with Crippen LogP contribution in [0.4, 0.5) is 17.2 Å². The van der Waals surface area contributed by atoms with Crippen molar-refractivity contribution in [2.24, 2.45) is 4.99 Å². The molecule has 1 aromatic rings. The number of aliphatic imine (C=N–C) groups is 1. The number of nitrogens with two attached hydrogens (primary N) is 2. The fraction of sp³-hybridized carbons (Fsp3) is 0.500. The molecule has 0 spiro atoms. The van der Waals surface area contributed by atoms with E-state index in [1.165, 1.54) is 0 Å². The van der Waals surface area contributed by atoms with E-state index in [0.717, 1.165) is 49.2 Å². The molecule has 27 heavy (non-hydrogen) atoms. The molecule has 1 fully saturated rings. The molecule has 8 nitrogen and oxygen atoms in total. The highest BCUT2D eigenvalue weighted by Crippen LogP contribution is 2.35. The van der Waals surface area contributed by atoms with Crippen molar-refractivity contribution in [1.82, 2.24) is 15.2 Å². The zero-order valence-corrected chi connectivity index (χ0v) is 17.5. The van der Waals surface area contributed by atoms with Crippen molar-refractivity contribution < 1.29 is 4.79 Å². The molecule has 5 N–H and O–H groups in total. The highest BCUT2D eigenvalue weighted by molar-refractivity contribution is 9.10. The van der Waals surface area contributed by atoms with Gasteiger partial charge < -0.3 is 21.7 Å². The van der Waals surface area contributed by atoms with Gasteiger partial charge in [0.2, 0.25) is 5.91 Å². The van der Waals surface area contributed by atoms with Gasteiger partial charge in [-0.3, -0.25) is 9.69 Å². The molecule has 0 radical (unpaired) electrons. The number of carbonyl (C=O) groups excluding carboxylic acids is 1. The van der Waals surface area contributed by atoms with Gasteiger partial charge in [0, 0.05) is 45.0 Å². The van der Waals surface area contributed by atoms with Crippen molar-refractivity contribution in [2.75, 3.05) is 49.1 Å². The number of rotatable bonds is 6. The largest absolute Gasteiger partial charge is 0.394 e. The lowest BCUT2D eigenvalue weighted by atomic mass is 10.2. The number of carbonyl (C=O) groups is 1. The molecule has 2 heterocycles. The average molecular weight is 438 g/mol. The molecular formula is C18H28BrN7O. The highest BCUT2D eigenvalue weighted by Gasteiger charge is 2.23. The monoisotopic (exact) mass is 437 g/mol. The summed E-state index contributed by atoms with van der Waals surface area (Å²) < 4.78 is 0.824. The fourth-order valence-corrected chi connectivity index (χ4v) is 3.49. The Morgan fingerprint density at radius 2 is 2.07 bits per heavy atom. The molecular weight excluding hydrogens is 410 g/mol. The van der Waals surface area contributed by atoms with Gasteiger partial charge in [-0.05, 0) is 29.3 Å². The first-order valence-electron chi connectivity index (χ1n) is 9.10. The Kier molecular flexibility index (Phi) is 8.05. The molecule has 1 aromatic heterocycles. The first kappa shape index (κ1) is 21.2. The summed E-state index contributed by atoms with van der Waals surface area (Å²) in [4.78, 5) is 25.0. The number of piperazine rings is 1. The van der Waals surface area contributed by atoms with Crippen molar-refractivity contribution in [2.45, 2.75) is 26.7 Å². The van der Waals surface area contributed by atoms with Crippen LogP contribution in [0.5, 0.6) is 0 Å². The Bertz CT molecular complexity index is 712. The molecule has 1 aliphatic rings. The lowest BCUT2D eigenvalue weighted by Gasteiger charge is -2.36. The molecule has 0 unspecified atom stereocenters. The van der Waals surface area contributed by atoms with Crippen LogP contribution in [0.1, 0.15) is 26.7 Å². The molecule has 1 aliphatic heterocycles. The third-order valence-electron chi connectivity index (χ3n) is 4.28. The maximum Gasteiger partial charge on any atom is 0.239 e. The van der Waals surface area contributed by atoms with E-state index in [0.29, 0.717) is 23.9 Å². The maximum atomic E-state index is 12.3. The number of nitrogen functional groups attached to an aromatic ring is 2. The number of hydrogen-bond acceptors (Lipinski definition) is 7. The van der Waals surface area contributed by atoms with Crippen LogP contribution in [-0.2, 0) is 4.79 Å². The van der Waals surface area contributed by atoms with Gasteiger partial charge in [-0.2, -0.15) is 0 Å². The van der Waals surface area contributed by atoms with Gasteiger partial charge in [-0.25, -0.2) is 9.98 Å². The Morgan fingerprint density at radius 1 is 1.37 bits per heavy atom. The number of halogens is 1. The van der Waals surface area contributed by atoms with Gasteiger partial charge in [-0.15, -0.1) is 0 Å². The van der Waals surface area contributed by atoms with E-state index in [9.17, 15) is 4.79 Å². The topological polar surface area (TPSA) is 113 Å². The lowest BCUT2D eigenvalue weighted by Crippen LogP contribution is -2.50. The number of pyridine rings is 1. The standard InChI is InChI=1S/C18H28BrN7O/c1-3-5-14(22-6-4-2)24-15(27)12-25-7-9-26(10-8-25)17-13(19)11-23-18(21)16(17)20/h4,6,11H,3,5,7-10,12,20H2,1-2H3,(H2,21,23)(H,22,24,27)/b6-4-. The van der Waals surface area contributed by atoms with Gasteiger partial charge in [0.05, 0.1) is 22.4 Å². The Morgan fingerprint density at radius 3 is 2.70 bits per heavy atom. The van der Waals surface area contributed by atoms with E-state index in [4.69, 9.17) is 11.5 Å². The number of nitrogens with zero attached hydrogens (tertiary/aromatic N) is 4. The second-order valence-corrected chi connectivity index (χ2v) is 7.23. The molecule has 0 aliphatic carbocycles. The number of nitrogens with one attached hydrogen (secondary N) is 1. The van der Waals surface area contributed by atoms with E-state index < -0.39 is 0 Å². The smallest absolute Gasteiger partial charge is 0.239 e. The van der Waals surface area contributed by atoms with Crippen molar-refractivity contribution in [3.63, 3.8) is 0 Å². The number of aromatic nitrogens is 1. The van der Waals surface area contributed by atoms with Gasteiger partial charge in [0.15, 0.2) is 0 Å². The van der Waals surface area contributed by atoms with Gasteiger partial charge >= 0.3 is 0 Å². The number of amides is 1. The summed E-state index contributed by atoms with van der Waals surface area (Å²) in [5.74, 6) is 1.01. The molecule has 0 bridgehead atoms. The van der Waals surface area contributed by atoms with Crippen LogP contribution in [0.15, 0.2) is 27.9 Å². The molecule has 1 saturated heterocycles. The second kappa shape index (κ2) is 10.3. The van der Waals surface area contributed by atoms with Crippen molar-refractivity contribution in [3.8, 4) is 0 Å². The normalized spacial score (nSPS) is 16.1. The first-order valence-corrected chi connectivity index (χ1v) is 9.90. The van der Waals surface area contributed by atoms with E-state index in [1.54, 1.807) is 12.4 Å². The molecule has 0 atom stereocenters. The van der Waals surface area contributed by atoms with Gasteiger partial charge in [0.25, 0.3) is 0 Å². The van der Waals surface area contributed by atoms with E-state index in [-0.39, 0.29) is 5.91 Å². The van der Waals surface area contributed by atoms with E-state index >= 15 is 0 Å². The third kappa shape index (κ3) is 5.93. The number of anilines is 3. The fourth-order valence-electron chi connectivity index (χ4n) is 2.92. The Labute approximate surface area is 168 Å². The Balaban J connectivity index is 1.91. The van der Waals surface area contributed by atoms with Crippen molar-refractivity contribution in [1.29, 1.82) is 0 Å². The predicted octanol–water partition coefficient (Wildman–Crippen LogP) is 1.98. The molecule has 148 valence electrons. The summed E-state index contributed by atoms with van der Waals surface area (Å²) in [5.41, 5.74) is 13.3. The second-order valence-electron chi connectivity index (χ2n) is 6.37. The number of hydrogen-bond donors (Lipinski definition) is 3. The van der Waals surface area contributed by atoms with Crippen molar-refractivity contribution in [3.05, 3.63) is 22.9 Å². The maximum absolute atomic E-state index is 12.3. The highest BCUT2D eigenvalue weighted by atomic mass is 79.9. The molecule has 0 saturated carbocycles. The summed E-state index contributed by atoms with van der Waals surface area (Å²) >= 11 is 3.50. The summed E-state index contributed by atoms with van der Waals surface area (Å²) in [5, 5.41) is 2.92. The van der Waals surface area contributed by atoms with E-state index in [2.05, 4.69) is 47.9 Å². The lowest BCUT2D eigenvalue weighted by molar-refractivity contribution is -0.120. The zero-order chi connectivity index (χ0) is 19.8. The summed E-state index contributed by atoms with van der Waals surface area (Å²) in [6.45, 7) is 7.35. The summed E-state index contributed by atoms with van der Waals surface area (Å²) in [6, 6.07) is 0. The van der Waals surface area contributed by atoms with Crippen LogP contribution in [0.25, 0.3) is 0 Å². The minimum absolute atomic E-state index is 0.0333. The van der Waals surface area contributed by atoms with Gasteiger partial charge in [0.1, 0.15) is 11.7 Å². The zero-order valence-electron chi connectivity index (χ0n) is 15.9. The van der Waals surface area contributed by atoms with Crippen LogP contribution >= 0.6 is 15.9 Å². The van der Waals surface area contributed by atoms with E-state index in [1.807, 2.05) is 13.0 Å². The van der Waals surface area contributed by atoms with Crippen LogP contribution < -0.4 is 21.7 Å². The predicted molar refractivity (Wildman–Crippen MR) is 115 cm³/mol. The minimum atomic E-state index is -0.0333. The molecule has 0 aromatic carbocycles. The number of amidine groups is 1. The van der Waals surface area contributed by atoms with Crippen LogP contribution in [0.2, 0.25) is 0 Å². The minimum Gasteiger partial charge on any atom is -0.394 e. The molecule has 2 rings (SSSR count). The quantitative estimate of drug-likeness (QED) is 0.463. The molecule has 1 amide bonds. The Hall–Kier alpha value is -2.13. The average Bonchev–Trinajstić information content (AvgIpc) is 2.64. The molecule has 9 heteroatoms.